The molecule has 0 bridgehead atoms. The standard InChI is InChI=1S/C41H52N4O7/c1-41(2,3)52-40(48)44-20-18-33(29-11-8-10-28(22-29)30-14-17-37(42-23-30)51-27-38(46)50-5)35(26-44)39(47)45(32-15-16-32)25-31-24-43(19-9-21-49-4)36-13-7-6-12-34(31)36/h6-8,10-14,17,22-23,31-33,35H,9,15-16,18-21,24-27H2,1-5H3/t31?,33-,35+/m1/s1. The third kappa shape index (κ3) is 9.04. The Balaban J connectivity index is 1.25. The van der Waals surface area contributed by atoms with Crippen molar-refractivity contribution in [2.24, 2.45) is 5.92 Å². The first-order chi connectivity index (χ1) is 25.0. The molecular weight excluding hydrogens is 660 g/mol. The fraction of sp³-hybridized carbons (Fsp3) is 0.512. The average molecular weight is 713 g/mol. The predicted octanol–water partition coefficient (Wildman–Crippen LogP) is 6.27. The van der Waals surface area contributed by atoms with Crippen molar-refractivity contribution in [2.45, 2.75) is 69.9 Å². The molecule has 2 amide bonds. The average Bonchev–Trinajstić information content (AvgIpc) is 3.94. The number of fused-ring (bicyclic) bond motifs is 1. The van der Waals surface area contributed by atoms with E-state index in [9.17, 15) is 14.4 Å². The van der Waals surface area contributed by atoms with Gasteiger partial charge in [0.15, 0.2) is 6.61 Å². The van der Waals surface area contributed by atoms with Gasteiger partial charge in [-0.2, -0.15) is 0 Å². The van der Waals surface area contributed by atoms with Gasteiger partial charge in [0.25, 0.3) is 0 Å². The lowest BCUT2D eigenvalue weighted by molar-refractivity contribution is -0.143. The number of esters is 1. The number of carbonyl (C=O) groups excluding carboxylic acids is 3. The molecule has 3 heterocycles. The summed E-state index contributed by atoms with van der Waals surface area (Å²) >= 11 is 0. The number of hydrogen-bond donors (Lipinski definition) is 0. The van der Waals surface area contributed by atoms with Crippen LogP contribution in [0.5, 0.6) is 5.88 Å². The number of nitrogens with zero attached hydrogens (tertiary/aromatic N) is 4. The van der Waals surface area contributed by atoms with E-state index in [1.165, 1.54) is 18.4 Å². The molecule has 11 nitrogen and oxygen atoms in total. The van der Waals surface area contributed by atoms with Crippen molar-refractivity contribution >= 4 is 23.7 Å². The van der Waals surface area contributed by atoms with Gasteiger partial charge in [0, 0.05) is 81.9 Å². The van der Waals surface area contributed by atoms with Crippen LogP contribution in [0.4, 0.5) is 10.5 Å². The number of pyridine rings is 1. The molecule has 0 spiro atoms. The maximum absolute atomic E-state index is 15.0. The molecule has 1 aromatic heterocycles. The molecule has 2 fully saturated rings. The van der Waals surface area contributed by atoms with Crippen LogP contribution in [0.3, 0.4) is 0 Å². The molecule has 0 N–H and O–H groups in total. The Bertz CT molecular complexity index is 1700. The first-order valence-corrected chi connectivity index (χ1v) is 18.4. The molecule has 0 radical (unpaired) electrons. The monoisotopic (exact) mass is 712 g/mol. The SMILES string of the molecule is COCCCN1CC(CN(C(=O)[C@H]2CN(C(=O)OC(C)(C)C)CC[C@@H]2c2cccc(-c3ccc(OCC(=O)OC)nc3)c2)C2CC2)c2ccccc21. The van der Waals surface area contributed by atoms with Crippen molar-refractivity contribution in [3.05, 3.63) is 78.0 Å². The Morgan fingerprint density at radius 2 is 1.75 bits per heavy atom. The van der Waals surface area contributed by atoms with E-state index in [0.717, 1.165) is 49.0 Å². The first kappa shape index (κ1) is 37.1. The van der Waals surface area contributed by atoms with Crippen LogP contribution in [0.1, 0.15) is 69.4 Å². The van der Waals surface area contributed by atoms with Crippen LogP contribution in [-0.4, -0.2) is 105 Å². The van der Waals surface area contributed by atoms with Gasteiger partial charge in [-0.1, -0.05) is 42.5 Å². The molecule has 2 aliphatic heterocycles. The zero-order chi connectivity index (χ0) is 36.8. The zero-order valence-electron chi connectivity index (χ0n) is 31.1. The maximum Gasteiger partial charge on any atom is 0.410 e. The van der Waals surface area contributed by atoms with E-state index in [0.29, 0.717) is 38.5 Å². The van der Waals surface area contributed by atoms with Crippen LogP contribution in [0.2, 0.25) is 0 Å². The molecule has 1 aliphatic carbocycles. The smallest absolute Gasteiger partial charge is 0.410 e. The number of aromatic nitrogens is 1. The molecule has 1 saturated heterocycles. The van der Waals surface area contributed by atoms with E-state index in [1.807, 2.05) is 39.0 Å². The Kier molecular flexibility index (Phi) is 11.7. The minimum atomic E-state index is -0.638. The molecule has 52 heavy (non-hydrogen) atoms. The number of amides is 2. The summed E-state index contributed by atoms with van der Waals surface area (Å²) in [5, 5.41) is 0. The van der Waals surface area contributed by atoms with Crippen molar-refractivity contribution < 1.29 is 33.3 Å². The highest BCUT2D eigenvalue weighted by Gasteiger charge is 2.44. The van der Waals surface area contributed by atoms with Crippen molar-refractivity contribution in [3.63, 3.8) is 0 Å². The van der Waals surface area contributed by atoms with Crippen molar-refractivity contribution in [3.8, 4) is 17.0 Å². The summed E-state index contributed by atoms with van der Waals surface area (Å²) in [4.78, 5) is 50.6. The summed E-state index contributed by atoms with van der Waals surface area (Å²) in [7, 11) is 3.05. The number of hydrogen-bond acceptors (Lipinski definition) is 9. The molecule has 278 valence electrons. The number of piperidine rings is 1. The van der Waals surface area contributed by atoms with E-state index >= 15 is 0 Å². The van der Waals surface area contributed by atoms with Crippen LogP contribution in [0, 0.1) is 5.92 Å². The Morgan fingerprint density at radius 3 is 2.46 bits per heavy atom. The molecule has 3 aliphatic rings. The Hall–Kier alpha value is -4.64. The predicted molar refractivity (Wildman–Crippen MR) is 198 cm³/mol. The van der Waals surface area contributed by atoms with Crippen molar-refractivity contribution in [1.82, 2.24) is 14.8 Å². The Morgan fingerprint density at radius 1 is 0.942 bits per heavy atom. The number of ether oxygens (including phenoxy) is 4. The van der Waals surface area contributed by atoms with Crippen LogP contribution < -0.4 is 9.64 Å². The minimum Gasteiger partial charge on any atom is -0.466 e. The fourth-order valence-corrected chi connectivity index (χ4v) is 7.48. The maximum atomic E-state index is 15.0. The van der Waals surface area contributed by atoms with Gasteiger partial charge in [0.1, 0.15) is 5.60 Å². The molecule has 11 heteroatoms. The van der Waals surface area contributed by atoms with Gasteiger partial charge in [-0.3, -0.25) is 4.79 Å². The summed E-state index contributed by atoms with van der Waals surface area (Å²) in [6.45, 7) is 9.30. The molecule has 3 atom stereocenters. The summed E-state index contributed by atoms with van der Waals surface area (Å²) < 4.78 is 21.2. The second kappa shape index (κ2) is 16.4. The summed E-state index contributed by atoms with van der Waals surface area (Å²) in [6, 6.07) is 20.7. The van der Waals surface area contributed by atoms with Gasteiger partial charge < -0.3 is 33.6 Å². The highest BCUT2D eigenvalue weighted by molar-refractivity contribution is 5.82. The summed E-state index contributed by atoms with van der Waals surface area (Å²) in [6.07, 6.45) is 4.89. The topological polar surface area (TPSA) is 111 Å². The third-order valence-electron chi connectivity index (χ3n) is 10.2. The quantitative estimate of drug-likeness (QED) is 0.150. The highest BCUT2D eigenvalue weighted by Crippen LogP contribution is 2.42. The van der Waals surface area contributed by atoms with Gasteiger partial charge in [0.2, 0.25) is 11.8 Å². The zero-order valence-corrected chi connectivity index (χ0v) is 31.1. The van der Waals surface area contributed by atoms with Crippen LogP contribution in [0.15, 0.2) is 66.9 Å². The van der Waals surface area contributed by atoms with Gasteiger partial charge in [-0.05, 0) is 81.2 Å². The number of anilines is 1. The van der Waals surface area contributed by atoms with E-state index in [-0.39, 0.29) is 36.5 Å². The van der Waals surface area contributed by atoms with Crippen LogP contribution >= 0.6 is 0 Å². The molecule has 6 rings (SSSR count). The number of methoxy groups -OCH3 is 2. The summed E-state index contributed by atoms with van der Waals surface area (Å²) in [5.74, 6) is -0.372. The minimum absolute atomic E-state index is 0.0931. The van der Waals surface area contributed by atoms with Gasteiger partial charge in [0.05, 0.1) is 13.0 Å². The van der Waals surface area contributed by atoms with E-state index in [1.54, 1.807) is 24.3 Å². The van der Waals surface area contributed by atoms with Gasteiger partial charge in [-0.15, -0.1) is 0 Å². The molecule has 3 aromatic rings. The van der Waals surface area contributed by atoms with E-state index < -0.39 is 17.5 Å². The van der Waals surface area contributed by atoms with Crippen molar-refractivity contribution in [2.75, 3.05) is 65.1 Å². The second-order valence-electron chi connectivity index (χ2n) is 15.1. The number of benzene rings is 2. The van der Waals surface area contributed by atoms with Crippen molar-refractivity contribution in [1.29, 1.82) is 0 Å². The van der Waals surface area contributed by atoms with E-state index in [2.05, 4.69) is 55.9 Å². The normalized spacial score (nSPS) is 19.9. The lowest BCUT2D eigenvalue weighted by Crippen LogP contribution is -2.51. The molecular formula is C41H52N4O7. The summed E-state index contributed by atoms with van der Waals surface area (Å²) in [5.41, 5.74) is 4.79. The van der Waals surface area contributed by atoms with E-state index in [4.69, 9.17) is 14.2 Å². The number of rotatable bonds is 13. The number of para-hydroxylation sites is 1. The lowest BCUT2D eigenvalue weighted by atomic mass is 9.78. The number of likely N-dealkylation sites (tertiary alicyclic amines) is 1. The molecule has 2 aromatic carbocycles. The fourth-order valence-electron chi connectivity index (χ4n) is 7.48. The lowest BCUT2D eigenvalue weighted by Gasteiger charge is -2.41. The Labute approximate surface area is 307 Å². The van der Waals surface area contributed by atoms with Crippen LogP contribution in [0.25, 0.3) is 11.1 Å². The van der Waals surface area contributed by atoms with Gasteiger partial charge >= 0.3 is 12.1 Å². The largest absolute Gasteiger partial charge is 0.466 e. The van der Waals surface area contributed by atoms with Crippen LogP contribution in [-0.2, 0) is 23.8 Å². The molecule has 1 saturated carbocycles. The number of carbonyl (C=O) groups is 3. The first-order valence-electron chi connectivity index (χ1n) is 18.4. The second-order valence-corrected chi connectivity index (χ2v) is 15.1. The molecule has 1 unspecified atom stereocenters. The highest BCUT2D eigenvalue weighted by atomic mass is 16.6. The van der Waals surface area contributed by atoms with Gasteiger partial charge in [-0.25, -0.2) is 14.6 Å². The third-order valence-corrected chi connectivity index (χ3v) is 10.2.